The first-order valence-corrected chi connectivity index (χ1v) is 7.10. The van der Waals surface area contributed by atoms with E-state index in [9.17, 15) is 5.11 Å². The first-order valence-electron chi connectivity index (χ1n) is 6.72. The molecule has 1 heterocycles. The smallest absolute Gasteiger partial charge is 0.108 e. The molecular weight excluding hydrogens is 250 g/mol. The third-order valence-corrected chi connectivity index (χ3v) is 4.17. The van der Waals surface area contributed by atoms with Crippen molar-refractivity contribution in [2.75, 3.05) is 7.05 Å². The second-order valence-corrected chi connectivity index (χ2v) is 5.57. The normalized spacial score (nSPS) is 28.6. The first-order chi connectivity index (χ1) is 8.60. The van der Waals surface area contributed by atoms with Gasteiger partial charge in [-0.05, 0) is 39.2 Å². The minimum atomic E-state index is -0.809. The van der Waals surface area contributed by atoms with E-state index in [1.54, 1.807) is 6.20 Å². The number of aromatic nitrogens is 2. The van der Waals surface area contributed by atoms with Crippen LogP contribution >= 0.6 is 11.6 Å². The van der Waals surface area contributed by atoms with E-state index in [-0.39, 0.29) is 0 Å². The number of nitrogens with zero attached hydrogens (tertiary/aromatic N) is 2. The lowest BCUT2D eigenvalue weighted by Gasteiger charge is -2.36. The van der Waals surface area contributed by atoms with E-state index < -0.39 is 5.60 Å². The molecule has 0 atom stereocenters. The van der Waals surface area contributed by atoms with Crippen molar-refractivity contribution in [2.45, 2.75) is 57.2 Å². The van der Waals surface area contributed by atoms with Crippen LogP contribution in [-0.4, -0.2) is 28.0 Å². The zero-order chi connectivity index (χ0) is 13.2. The van der Waals surface area contributed by atoms with Gasteiger partial charge in [-0.3, -0.25) is 4.68 Å². The summed E-state index contributed by atoms with van der Waals surface area (Å²) in [6, 6.07) is 0.506. The van der Waals surface area contributed by atoms with Crippen LogP contribution < -0.4 is 5.32 Å². The Morgan fingerprint density at radius 3 is 2.78 bits per heavy atom. The summed E-state index contributed by atoms with van der Waals surface area (Å²) in [5.41, 5.74) is -0.00334. The van der Waals surface area contributed by atoms with Crippen molar-refractivity contribution in [3.63, 3.8) is 0 Å². The Kier molecular flexibility index (Phi) is 4.30. The molecule has 18 heavy (non-hydrogen) atoms. The molecule has 0 aliphatic heterocycles. The van der Waals surface area contributed by atoms with Crippen molar-refractivity contribution in [3.8, 4) is 0 Å². The molecule has 1 aliphatic rings. The molecule has 0 saturated heterocycles. The van der Waals surface area contributed by atoms with Gasteiger partial charge in [0.25, 0.3) is 0 Å². The zero-order valence-corrected chi connectivity index (χ0v) is 11.9. The van der Waals surface area contributed by atoms with E-state index in [0.29, 0.717) is 11.1 Å². The topological polar surface area (TPSA) is 50.1 Å². The summed E-state index contributed by atoms with van der Waals surface area (Å²) in [5, 5.41) is 19.0. The van der Waals surface area contributed by atoms with Crippen molar-refractivity contribution in [1.82, 2.24) is 15.1 Å². The molecule has 5 heteroatoms. The van der Waals surface area contributed by atoms with Crippen LogP contribution in [0.3, 0.4) is 0 Å². The van der Waals surface area contributed by atoms with Gasteiger partial charge in [-0.25, -0.2) is 0 Å². The van der Waals surface area contributed by atoms with E-state index in [0.717, 1.165) is 44.3 Å². The fraction of sp³-hybridized carbons (Fsp3) is 0.769. The Morgan fingerprint density at radius 2 is 2.22 bits per heavy atom. The van der Waals surface area contributed by atoms with Gasteiger partial charge < -0.3 is 10.4 Å². The third-order valence-electron chi connectivity index (χ3n) is 3.89. The van der Waals surface area contributed by atoms with Crippen LogP contribution in [0.25, 0.3) is 0 Å². The number of nitrogens with one attached hydrogen (secondary N) is 1. The quantitative estimate of drug-likeness (QED) is 0.883. The Labute approximate surface area is 113 Å². The van der Waals surface area contributed by atoms with Crippen LogP contribution in [0.4, 0.5) is 0 Å². The van der Waals surface area contributed by atoms with Crippen molar-refractivity contribution in [1.29, 1.82) is 0 Å². The van der Waals surface area contributed by atoms with Crippen LogP contribution in [0.5, 0.6) is 0 Å². The van der Waals surface area contributed by atoms with Crippen molar-refractivity contribution < 1.29 is 5.11 Å². The first kappa shape index (κ1) is 13.8. The predicted octanol–water partition coefficient (Wildman–Crippen LogP) is 2.30. The van der Waals surface area contributed by atoms with Crippen LogP contribution in [0.15, 0.2) is 6.20 Å². The van der Waals surface area contributed by atoms with Crippen LogP contribution in [-0.2, 0) is 12.1 Å². The summed E-state index contributed by atoms with van der Waals surface area (Å²) < 4.78 is 1.86. The van der Waals surface area contributed by atoms with Gasteiger partial charge in [0, 0.05) is 12.6 Å². The molecule has 1 fully saturated rings. The number of aryl methyl sites for hydroxylation is 1. The minimum absolute atomic E-state index is 0.506. The maximum Gasteiger partial charge on any atom is 0.108 e. The second kappa shape index (κ2) is 5.59. The average molecular weight is 272 g/mol. The fourth-order valence-corrected chi connectivity index (χ4v) is 3.14. The molecule has 1 aromatic heterocycles. The number of hydrogen-bond acceptors (Lipinski definition) is 3. The van der Waals surface area contributed by atoms with Crippen molar-refractivity contribution >= 4 is 11.6 Å². The van der Waals surface area contributed by atoms with Gasteiger partial charge in [-0.1, -0.05) is 18.5 Å². The van der Waals surface area contributed by atoms with Gasteiger partial charge >= 0.3 is 0 Å². The fourth-order valence-electron chi connectivity index (χ4n) is 2.83. The maximum absolute atomic E-state index is 10.9. The Bertz CT molecular complexity index is 397. The lowest BCUT2D eigenvalue weighted by molar-refractivity contribution is -0.0154. The highest BCUT2D eigenvalue weighted by molar-refractivity contribution is 6.31. The molecule has 1 saturated carbocycles. The zero-order valence-electron chi connectivity index (χ0n) is 11.1. The third kappa shape index (κ3) is 2.56. The Hall–Kier alpha value is -0.580. The van der Waals surface area contributed by atoms with E-state index in [1.807, 2.05) is 11.7 Å². The highest BCUT2D eigenvalue weighted by Gasteiger charge is 2.38. The van der Waals surface area contributed by atoms with E-state index in [2.05, 4.69) is 17.3 Å². The summed E-state index contributed by atoms with van der Waals surface area (Å²) >= 11 is 6.21. The standard InChI is InChI=1S/C13H22ClN3O/c1-3-8-17-12(11(14)9-16-17)13(18)6-4-10(15-2)5-7-13/h9-10,15,18H,3-8H2,1-2H3. The van der Waals surface area contributed by atoms with Crippen LogP contribution in [0, 0.1) is 0 Å². The van der Waals surface area contributed by atoms with Crippen LogP contribution in [0.1, 0.15) is 44.7 Å². The Morgan fingerprint density at radius 1 is 1.56 bits per heavy atom. The molecule has 0 unspecified atom stereocenters. The van der Waals surface area contributed by atoms with Gasteiger partial charge in [0.05, 0.1) is 16.9 Å². The predicted molar refractivity (Wildman–Crippen MR) is 72.7 cm³/mol. The van der Waals surface area contributed by atoms with Gasteiger partial charge in [0.1, 0.15) is 5.60 Å². The molecule has 2 N–H and O–H groups in total. The lowest BCUT2D eigenvalue weighted by Crippen LogP contribution is -2.39. The maximum atomic E-state index is 10.9. The second-order valence-electron chi connectivity index (χ2n) is 5.16. The molecule has 4 nitrogen and oxygen atoms in total. The molecule has 0 spiro atoms. The molecule has 0 aromatic carbocycles. The molecule has 0 bridgehead atoms. The van der Waals surface area contributed by atoms with Gasteiger partial charge in [0.15, 0.2) is 0 Å². The van der Waals surface area contributed by atoms with Crippen molar-refractivity contribution in [2.24, 2.45) is 0 Å². The largest absolute Gasteiger partial charge is 0.384 e. The van der Waals surface area contributed by atoms with Crippen molar-refractivity contribution in [3.05, 3.63) is 16.9 Å². The van der Waals surface area contributed by atoms with E-state index >= 15 is 0 Å². The van der Waals surface area contributed by atoms with Gasteiger partial charge in [-0.2, -0.15) is 5.10 Å². The number of aliphatic hydroxyl groups is 1. The lowest BCUT2D eigenvalue weighted by atomic mass is 9.80. The summed E-state index contributed by atoms with van der Waals surface area (Å²) in [4.78, 5) is 0. The monoisotopic (exact) mass is 271 g/mol. The SMILES string of the molecule is CCCn1ncc(Cl)c1C1(O)CCC(NC)CC1. The highest BCUT2D eigenvalue weighted by atomic mass is 35.5. The number of rotatable bonds is 4. The molecular formula is C13H22ClN3O. The minimum Gasteiger partial charge on any atom is -0.384 e. The molecule has 1 aromatic rings. The molecule has 102 valence electrons. The van der Waals surface area contributed by atoms with E-state index in [1.165, 1.54) is 0 Å². The summed E-state index contributed by atoms with van der Waals surface area (Å²) in [6.07, 6.45) is 6.07. The average Bonchev–Trinajstić information content (AvgIpc) is 2.73. The van der Waals surface area contributed by atoms with Crippen LogP contribution in [0.2, 0.25) is 5.02 Å². The molecule has 0 amide bonds. The number of halogens is 1. The number of hydrogen-bond donors (Lipinski definition) is 2. The summed E-state index contributed by atoms with van der Waals surface area (Å²) in [5.74, 6) is 0. The summed E-state index contributed by atoms with van der Waals surface area (Å²) in [6.45, 7) is 2.90. The molecule has 2 rings (SSSR count). The van der Waals surface area contributed by atoms with E-state index in [4.69, 9.17) is 11.6 Å². The summed E-state index contributed by atoms with van der Waals surface area (Å²) in [7, 11) is 1.98. The molecule has 0 radical (unpaired) electrons. The van der Waals surface area contributed by atoms with Gasteiger partial charge in [0.2, 0.25) is 0 Å². The Balaban J connectivity index is 2.22. The van der Waals surface area contributed by atoms with Gasteiger partial charge in [-0.15, -0.1) is 0 Å². The molecule has 1 aliphatic carbocycles. The highest BCUT2D eigenvalue weighted by Crippen LogP contribution is 2.40.